The van der Waals surface area contributed by atoms with Gasteiger partial charge in [-0.1, -0.05) is 43.2 Å². The van der Waals surface area contributed by atoms with Crippen molar-refractivity contribution >= 4 is 23.4 Å². The summed E-state index contributed by atoms with van der Waals surface area (Å²) in [5.41, 5.74) is 3.93. The number of benzene rings is 2. The van der Waals surface area contributed by atoms with Gasteiger partial charge in [0, 0.05) is 17.3 Å². The fourth-order valence-corrected chi connectivity index (χ4v) is 5.21. The van der Waals surface area contributed by atoms with Crippen molar-refractivity contribution in [3.05, 3.63) is 47.5 Å². The van der Waals surface area contributed by atoms with E-state index in [2.05, 4.69) is 20.1 Å². The smallest absolute Gasteiger partial charge is 0.234 e. The molecule has 1 aromatic heterocycles. The van der Waals surface area contributed by atoms with Crippen LogP contribution < -0.4 is 14.8 Å². The molecule has 0 spiro atoms. The summed E-state index contributed by atoms with van der Waals surface area (Å²) in [7, 11) is 3.25. The molecule has 1 amide bonds. The Morgan fingerprint density at radius 2 is 1.79 bits per heavy atom. The number of nitrogens with one attached hydrogen (secondary N) is 1. The van der Waals surface area contributed by atoms with Gasteiger partial charge >= 0.3 is 0 Å². The van der Waals surface area contributed by atoms with Crippen LogP contribution in [0, 0.1) is 13.8 Å². The maximum absolute atomic E-state index is 12.7. The molecule has 1 fully saturated rings. The number of aryl methyl sites for hydroxylation is 2. The number of methoxy groups -OCH3 is 2. The molecule has 180 valence electrons. The fourth-order valence-electron chi connectivity index (χ4n) is 4.40. The predicted molar refractivity (Wildman–Crippen MR) is 136 cm³/mol. The van der Waals surface area contributed by atoms with Gasteiger partial charge in [0.15, 0.2) is 22.5 Å². The highest BCUT2D eigenvalue weighted by Gasteiger charge is 2.25. The zero-order valence-corrected chi connectivity index (χ0v) is 21.1. The second-order valence-corrected chi connectivity index (χ2v) is 9.64. The Kier molecular flexibility index (Phi) is 7.77. The van der Waals surface area contributed by atoms with Crippen LogP contribution in [-0.2, 0) is 4.79 Å². The van der Waals surface area contributed by atoms with Gasteiger partial charge in [0.2, 0.25) is 5.91 Å². The number of nitrogens with zero attached hydrogens (tertiary/aromatic N) is 3. The summed E-state index contributed by atoms with van der Waals surface area (Å²) in [6.07, 6.45) is 5.79. The number of hydrogen-bond donors (Lipinski definition) is 1. The van der Waals surface area contributed by atoms with Crippen molar-refractivity contribution in [2.45, 2.75) is 57.1 Å². The highest BCUT2D eigenvalue weighted by Crippen LogP contribution is 2.38. The molecule has 1 aliphatic rings. The van der Waals surface area contributed by atoms with E-state index in [0.717, 1.165) is 46.2 Å². The molecule has 34 heavy (non-hydrogen) atoms. The first kappa shape index (κ1) is 24.1. The quantitative estimate of drug-likeness (QED) is 0.410. The maximum Gasteiger partial charge on any atom is 0.234 e. The number of anilines is 1. The van der Waals surface area contributed by atoms with Gasteiger partial charge in [0.05, 0.1) is 20.0 Å². The molecule has 0 bridgehead atoms. The lowest BCUT2D eigenvalue weighted by atomic mass is 9.95. The Balaban J connectivity index is 1.58. The van der Waals surface area contributed by atoms with Crippen LogP contribution in [0.3, 0.4) is 0 Å². The molecular formula is C26H32N4O3S. The topological polar surface area (TPSA) is 78.3 Å². The monoisotopic (exact) mass is 480 g/mol. The SMILES string of the molecule is COc1ccc(-c2nnc(SCC(=O)Nc3cc(C)ccc3C)n2C2CCCCC2)cc1OC. The van der Waals surface area contributed by atoms with Crippen molar-refractivity contribution < 1.29 is 14.3 Å². The average Bonchev–Trinajstić information content (AvgIpc) is 3.29. The third-order valence-electron chi connectivity index (χ3n) is 6.25. The molecule has 3 aromatic rings. The summed E-state index contributed by atoms with van der Waals surface area (Å²) in [6.45, 7) is 4.02. The van der Waals surface area contributed by atoms with Crippen LogP contribution in [0.15, 0.2) is 41.6 Å². The maximum atomic E-state index is 12.7. The van der Waals surface area contributed by atoms with E-state index in [1.54, 1.807) is 14.2 Å². The normalized spacial score (nSPS) is 14.1. The molecule has 0 atom stereocenters. The molecule has 0 saturated heterocycles. The molecule has 0 radical (unpaired) electrons. The predicted octanol–water partition coefficient (Wildman–Crippen LogP) is 5.82. The summed E-state index contributed by atoms with van der Waals surface area (Å²) < 4.78 is 13.1. The third-order valence-corrected chi connectivity index (χ3v) is 7.19. The number of hydrogen-bond acceptors (Lipinski definition) is 6. The number of aromatic nitrogens is 3. The van der Waals surface area contributed by atoms with E-state index in [-0.39, 0.29) is 11.7 Å². The minimum Gasteiger partial charge on any atom is -0.493 e. The zero-order valence-electron chi connectivity index (χ0n) is 20.3. The lowest BCUT2D eigenvalue weighted by molar-refractivity contribution is -0.113. The minimum absolute atomic E-state index is 0.0513. The average molecular weight is 481 g/mol. The van der Waals surface area contributed by atoms with Crippen molar-refractivity contribution in [3.63, 3.8) is 0 Å². The number of carbonyl (C=O) groups is 1. The van der Waals surface area contributed by atoms with Crippen molar-refractivity contribution in [2.75, 3.05) is 25.3 Å². The second kappa shape index (κ2) is 11.0. The van der Waals surface area contributed by atoms with E-state index in [9.17, 15) is 4.79 Å². The Bertz CT molecular complexity index is 1150. The lowest BCUT2D eigenvalue weighted by Gasteiger charge is -2.25. The van der Waals surface area contributed by atoms with E-state index in [4.69, 9.17) is 9.47 Å². The number of carbonyl (C=O) groups excluding carboxylic acids is 1. The van der Waals surface area contributed by atoms with Crippen LogP contribution in [0.1, 0.15) is 49.3 Å². The lowest BCUT2D eigenvalue weighted by Crippen LogP contribution is -2.18. The second-order valence-electron chi connectivity index (χ2n) is 8.69. The molecule has 0 unspecified atom stereocenters. The van der Waals surface area contributed by atoms with E-state index in [1.165, 1.54) is 31.0 Å². The van der Waals surface area contributed by atoms with E-state index in [1.807, 2.05) is 50.2 Å². The van der Waals surface area contributed by atoms with Gasteiger partial charge in [-0.2, -0.15) is 0 Å². The zero-order chi connectivity index (χ0) is 24.1. The molecule has 1 saturated carbocycles. The molecule has 2 aromatic carbocycles. The van der Waals surface area contributed by atoms with Crippen LogP contribution in [0.4, 0.5) is 5.69 Å². The Morgan fingerprint density at radius 1 is 1.03 bits per heavy atom. The van der Waals surface area contributed by atoms with E-state index < -0.39 is 0 Å². The van der Waals surface area contributed by atoms with E-state index in [0.29, 0.717) is 17.5 Å². The van der Waals surface area contributed by atoms with Crippen molar-refractivity contribution in [1.29, 1.82) is 0 Å². The summed E-state index contributed by atoms with van der Waals surface area (Å²) in [5, 5.41) is 12.9. The van der Waals surface area contributed by atoms with Gasteiger partial charge in [0.25, 0.3) is 0 Å². The summed E-state index contributed by atoms with van der Waals surface area (Å²) in [4.78, 5) is 12.7. The highest BCUT2D eigenvalue weighted by molar-refractivity contribution is 7.99. The molecule has 8 heteroatoms. The van der Waals surface area contributed by atoms with Gasteiger partial charge in [0.1, 0.15) is 0 Å². The molecule has 1 aliphatic carbocycles. The largest absolute Gasteiger partial charge is 0.493 e. The fraction of sp³-hybridized carbons (Fsp3) is 0.423. The first-order valence-electron chi connectivity index (χ1n) is 11.7. The number of rotatable bonds is 8. The highest BCUT2D eigenvalue weighted by atomic mass is 32.2. The number of thioether (sulfide) groups is 1. The summed E-state index contributed by atoms with van der Waals surface area (Å²) >= 11 is 1.43. The van der Waals surface area contributed by atoms with Crippen LogP contribution in [0.5, 0.6) is 11.5 Å². The first-order chi connectivity index (χ1) is 16.5. The number of amides is 1. The van der Waals surface area contributed by atoms with Gasteiger partial charge in [-0.3, -0.25) is 9.36 Å². The Hall–Kier alpha value is -3.00. The first-order valence-corrected chi connectivity index (χ1v) is 12.7. The van der Waals surface area contributed by atoms with Gasteiger partial charge in [-0.15, -0.1) is 10.2 Å². The van der Waals surface area contributed by atoms with Crippen LogP contribution in [0.2, 0.25) is 0 Å². The summed E-state index contributed by atoms with van der Waals surface area (Å²) in [5.74, 6) is 2.34. The molecular weight excluding hydrogens is 448 g/mol. The van der Waals surface area contributed by atoms with Crippen molar-refractivity contribution in [2.24, 2.45) is 0 Å². The van der Waals surface area contributed by atoms with Gasteiger partial charge < -0.3 is 14.8 Å². The van der Waals surface area contributed by atoms with Crippen LogP contribution >= 0.6 is 11.8 Å². The summed E-state index contributed by atoms with van der Waals surface area (Å²) in [6, 6.07) is 12.2. The Labute approximate surface area is 205 Å². The molecule has 1 heterocycles. The minimum atomic E-state index is -0.0513. The van der Waals surface area contributed by atoms with E-state index >= 15 is 0 Å². The third kappa shape index (κ3) is 5.38. The van der Waals surface area contributed by atoms with Crippen LogP contribution in [-0.4, -0.2) is 40.6 Å². The standard InChI is InChI=1S/C26H32N4O3S/c1-17-10-11-18(2)21(14-17)27-24(31)16-34-26-29-28-25(30(26)20-8-6-5-7-9-20)19-12-13-22(32-3)23(15-19)33-4/h10-15,20H,5-9,16H2,1-4H3,(H,27,31). The van der Waals surface area contributed by atoms with Gasteiger partial charge in [-0.05, 0) is 62.1 Å². The molecule has 1 N–H and O–H groups in total. The molecule has 0 aliphatic heterocycles. The Morgan fingerprint density at radius 3 is 2.53 bits per heavy atom. The molecule has 7 nitrogen and oxygen atoms in total. The number of ether oxygens (including phenoxy) is 2. The molecule has 4 rings (SSSR count). The van der Waals surface area contributed by atoms with Crippen molar-refractivity contribution in [3.8, 4) is 22.9 Å². The van der Waals surface area contributed by atoms with Crippen LogP contribution in [0.25, 0.3) is 11.4 Å². The van der Waals surface area contributed by atoms with Crippen molar-refractivity contribution in [1.82, 2.24) is 14.8 Å². The van der Waals surface area contributed by atoms with Gasteiger partial charge in [-0.25, -0.2) is 0 Å².